The Morgan fingerprint density at radius 3 is 2.65 bits per heavy atom. The van der Waals surface area contributed by atoms with E-state index in [9.17, 15) is 4.79 Å². The van der Waals surface area contributed by atoms with Gasteiger partial charge in [-0.2, -0.15) is 9.97 Å². The second-order valence-corrected chi connectivity index (χ2v) is 7.50. The van der Waals surface area contributed by atoms with E-state index in [1.165, 1.54) is 0 Å². The van der Waals surface area contributed by atoms with E-state index in [2.05, 4.69) is 25.6 Å². The number of carbonyl (C=O) groups is 1. The van der Waals surface area contributed by atoms with Gasteiger partial charge in [0.1, 0.15) is 0 Å². The number of carbonyl (C=O) groups excluding carboxylic acids is 1. The second-order valence-electron chi connectivity index (χ2n) is 7.16. The molecule has 8 nitrogen and oxygen atoms in total. The van der Waals surface area contributed by atoms with E-state index >= 15 is 0 Å². The minimum Gasteiger partial charge on any atom is -0.397 e. The molecule has 4 rings (SSSR count). The summed E-state index contributed by atoms with van der Waals surface area (Å²) in [6, 6.07) is 12.9. The summed E-state index contributed by atoms with van der Waals surface area (Å²) >= 11 is 6.08. The summed E-state index contributed by atoms with van der Waals surface area (Å²) in [6.45, 7) is 5.16. The first kappa shape index (κ1) is 20.6. The second kappa shape index (κ2) is 8.61. The molecule has 158 valence electrons. The number of aryl methyl sites for hydroxylation is 1. The van der Waals surface area contributed by atoms with Gasteiger partial charge >= 0.3 is 0 Å². The predicted octanol–water partition coefficient (Wildman–Crippen LogP) is 4.10. The maximum atomic E-state index is 12.6. The van der Waals surface area contributed by atoms with E-state index in [0.29, 0.717) is 47.0 Å². The van der Waals surface area contributed by atoms with Crippen molar-refractivity contribution in [1.82, 2.24) is 19.5 Å². The molecule has 0 bridgehead atoms. The van der Waals surface area contributed by atoms with Crippen LogP contribution < -0.4 is 16.4 Å². The van der Waals surface area contributed by atoms with Crippen LogP contribution in [0.4, 0.5) is 17.2 Å². The number of anilines is 3. The number of hydrogen-bond acceptors (Lipinski definition) is 6. The van der Waals surface area contributed by atoms with Crippen LogP contribution in [0.15, 0.2) is 48.8 Å². The van der Waals surface area contributed by atoms with Crippen LogP contribution in [0.5, 0.6) is 0 Å². The summed E-state index contributed by atoms with van der Waals surface area (Å²) in [4.78, 5) is 25.5. The lowest BCUT2D eigenvalue weighted by molar-refractivity contribution is 0.102. The number of benzene rings is 2. The first-order valence-electron chi connectivity index (χ1n) is 9.83. The lowest BCUT2D eigenvalue weighted by Crippen LogP contribution is -2.13. The highest BCUT2D eigenvalue weighted by molar-refractivity contribution is 6.28. The first-order valence-corrected chi connectivity index (χ1v) is 10.2. The summed E-state index contributed by atoms with van der Waals surface area (Å²) in [5.41, 5.74) is 11.0. The number of nitrogens with two attached hydrogens (primary N) is 1. The predicted molar refractivity (Wildman–Crippen MR) is 124 cm³/mol. The van der Waals surface area contributed by atoms with Gasteiger partial charge in [0.15, 0.2) is 17.0 Å². The van der Waals surface area contributed by atoms with Crippen molar-refractivity contribution < 1.29 is 4.79 Å². The van der Waals surface area contributed by atoms with Crippen molar-refractivity contribution in [2.45, 2.75) is 20.4 Å². The fourth-order valence-electron chi connectivity index (χ4n) is 3.27. The van der Waals surface area contributed by atoms with Gasteiger partial charge in [0.2, 0.25) is 5.28 Å². The van der Waals surface area contributed by atoms with Crippen LogP contribution in [0, 0.1) is 6.92 Å². The van der Waals surface area contributed by atoms with Crippen molar-refractivity contribution in [3.63, 3.8) is 0 Å². The number of amides is 1. The van der Waals surface area contributed by atoms with Crippen molar-refractivity contribution in [2.75, 3.05) is 22.9 Å². The Labute approximate surface area is 184 Å². The van der Waals surface area contributed by atoms with E-state index in [0.717, 1.165) is 11.1 Å². The van der Waals surface area contributed by atoms with Crippen LogP contribution in [0.1, 0.15) is 28.4 Å². The Morgan fingerprint density at radius 1 is 1.16 bits per heavy atom. The van der Waals surface area contributed by atoms with Crippen LogP contribution in [0.3, 0.4) is 0 Å². The lowest BCUT2D eigenvalue weighted by Gasteiger charge is -2.10. The molecule has 0 atom stereocenters. The van der Waals surface area contributed by atoms with Gasteiger partial charge in [-0.3, -0.25) is 4.79 Å². The molecule has 0 aliphatic carbocycles. The maximum Gasteiger partial charge on any atom is 0.255 e. The highest BCUT2D eigenvalue weighted by Gasteiger charge is 2.13. The number of halogens is 1. The van der Waals surface area contributed by atoms with Gasteiger partial charge in [0, 0.05) is 12.1 Å². The Kier molecular flexibility index (Phi) is 5.73. The zero-order valence-corrected chi connectivity index (χ0v) is 17.9. The molecule has 0 spiro atoms. The van der Waals surface area contributed by atoms with Crippen molar-refractivity contribution in [3.05, 3.63) is 70.8 Å². The van der Waals surface area contributed by atoms with Crippen LogP contribution >= 0.6 is 11.6 Å². The van der Waals surface area contributed by atoms with Crippen LogP contribution in [0.25, 0.3) is 11.2 Å². The number of hydrogen-bond donors (Lipinski definition) is 3. The van der Waals surface area contributed by atoms with Crippen molar-refractivity contribution in [3.8, 4) is 0 Å². The number of nitrogen functional groups attached to an aromatic ring is 1. The number of nitrogens with zero attached hydrogens (tertiary/aromatic N) is 4. The molecule has 0 saturated heterocycles. The molecule has 0 fully saturated rings. The molecule has 2 aromatic heterocycles. The number of aromatic nitrogens is 4. The molecular weight excluding hydrogens is 414 g/mol. The van der Waals surface area contributed by atoms with Crippen molar-refractivity contribution in [1.29, 1.82) is 0 Å². The Bertz CT molecular complexity index is 1250. The number of nitrogens with one attached hydrogen (secondary N) is 2. The summed E-state index contributed by atoms with van der Waals surface area (Å²) < 4.78 is 1.89. The van der Waals surface area contributed by atoms with Gasteiger partial charge in [-0.05, 0) is 60.8 Å². The summed E-state index contributed by atoms with van der Waals surface area (Å²) in [7, 11) is 0. The van der Waals surface area contributed by atoms with E-state index in [-0.39, 0.29) is 11.2 Å². The largest absolute Gasteiger partial charge is 0.397 e. The molecule has 31 heavy (non-hydrogen) atoms. The molecule has 2 heterocycles. The molecule has 0 saturated carbocycles. The average Bonchev–Trinajstić information content (AvgIpc) is 3.13. The van der Waals surface area contributed by atoms with Crippen LogP contribution in [-0.4, -0.2) is 32.0 Å². The van der Waals surface area contributed by atoms with E-state index < -0.39 is 0 Å². The molecule has 0 aliphatic rings. The average molecular weight is 436 g/mol. The minimum absolute atomic E-state index is 0.160. The smallest absolute Gasteiger partial charge is 0.255 e. The zero-order valence-electron chi connectivity index (χ0n) is 17.2. The van der Waals surface area contributed by atoms with Gasteiger partial charge in [-0.1, -0.05) is 18.2 Å². The Hall–Kier alpha value is -3.65. The molecule has 0 unspecified atom stereocenters. The monoisotopic (exact) mass is 435 g/mol. The third-order valence-electron chi connectivity index (χ3n) is 4.81. The van der Waals surface area contributed by atoms with E-state index in [1.54, 1.807) is 24.5 Å². The molecule has 9 heteroatoms. The molecule has 2 aromatic carbocycles. The number of imidazole rings is 1. The van der Waals surface area contributed by atoms with Gasteiger partial charge < -0.3 is 20.9 Å². The van der Waals surface area contributed by atoms with Crippen molar-refractivity contribution >= 4 is 45.9 Å². The SMILES string of the molecule is CCNc1nc(Cl)nc2c1ncn2Cc1ccc(C(=O)Nc2ccc(C)cc2N)cc1. The fourth-order valence-corrected chi connectivity index (χ4v) is 3.44. The van der Waals surface area contributed by atoms with E-state index in [4.69, 9.17) is 17.3 Å². The molecule has 1 amide bonds. The number of rotatable bonds is 6. The molecule has 4 aromatic rings. The van der Waals surface area contributed by atoms with Gasteiger partial charge in [0.25, 0.3) is 5.91 Å². The van der Waals surface area contributed by atoms with Gasteiger partial charge in [-0.25, -0.2) is 4.98 Å². The summed E-state index contributed by atoms with van der Waals surface area (Å²) in [5, 5.41) is 6.16. The standard InChI is InChI=1S/C22H22ClN7O/c1-3-25-19-18-20(29-22(23)28-19)30(12-26-18)11-14-5-7-15(8-6-14)21(31)27-17-9-4-13(2)10-16(17)24/h4-10,12H,3,11,24H2,1-2H3,(H,27,31)(H,25,28,29). The third-order valence-corrected chi connectivity index (χ3v) is 4.97. The number of fused-ring (bicyclic) bond motifs is 1. The van der Waals surface area contributed by atoms with E-state index in [1.807, 2.05) is 42.7 Å². The van der Waals surface area contributed by atoms with Gasteiger partial charge in [0.05, 0.1) is 24.2 Å². The maximum absolute atomic E-state index is 12.6. The molecule has 0 radical (unpaired) electrons. The third kappa shape index (κ3) is 4.44. The minimum atomic E-state index is -0.218. The summed E-state index contributed by atoms with van der Waals surface area (Å²) in [5.74, 6) is 0.392. The fraction of sp³-hybridized carbons (Fsp3) is 0.182. The highest BCUT2D eigenvalue weighted by atomic mass is 35.5. The molecule has 0 aliphatic heterocycles. The van der Waals surface area contributed by atoms with Crippen LogP contribution in [-0.2, 0) is 6.54 Å². The van der Waals surface area contributed by atoms with Gasteiger partial charge in [-0.15, -0.1) is 0 Å². The quantitative estimate of drug-likeness (QED) is 0.310. The Balaban J connectivity index is 1.52. The normalized spacial score (nSPS) is 10.9. The first-order chi connectivity index (χ1) is 14.9. The van der Waals surface area contributed by atoms with Crippen LogP contribution in [0.2, 0.25) is 5.28 Å². The molecular formula is C22H22ClN7O. The van der Waals surface area contributed by atoms with Crippen molar-refractivity contribution in [2.24, 2.45) is 0 Å². The summed E-state index contributed by atoms with van der Waals surface area (Å²) in [6.07, 6.45) is 1.71. The topological polar surface area (TPSA) is 111 Å². The molecule has 4 N–H and O–H groups in total. The Morgan fingerprint density at radius 2 is 1.94 bits per heavy atom. The lowest BCUT2D eigenvalue weighted by atomic mass is 10.1. The highest BCUT2D eigenvalue weighted by Crippen LogP contribution is 2.22. The zero-order chi connectivity index (χ0) is 22.0.